The third-order valence-corrected chi connectivity index (χ3v) is 5.38. The van der Waals surface area contributed by atoms with Gasteiger partial charge in [0.25, 0.3) is 5.91 Å². The van der Waals surface area contributed by atoms with Gasteiger partial charge in [-0.05, 0) is 18.9 Å². The molecule has 2 N–H and O–H groups in total. The van der Waals surface area contributed by atoms with Gasteiger partial charge in [-0.1, -0.05) is 49.4 Å². The Kier molecular flexibility index (Phi) is 7.47. The first kappa shape index (κ1) is 24.4. The van der Waals surface area contributed by atoms with Crippen LogP contribution in [0.4, 0.5) is 23.2 Å². The van der Waals surface area contributed by atoms with E-state index in [1.54, 1.807) is 37.3 Å². The van der Waals surface area contributed by atoms with E-state index in [9.17, 15) is 32.3 Å². The minimum Gasteiger partial charge on any atom is -0.376 e. The van der Waals surface area contributed by atoms with Crippen LogP contribution in [0.5, 0.6) is 0 Å². The molecule has 176 valence electrons. The van der Waals surface area contributed by atoms with Crippen LogP contribution >= 0.6 is 0 Å². The van der Waals surface area contributed by atoms with Gasteiger partial charge in [0.15, 0.2) is 0 Å². The molecular weight excluding hydrogens is 442 g/mol. The number of alkyl halides is 3. The molecule has 3 rings (SSSR count). The lowest BCUT2D eigenvalue weighted by Crippen LogP contribution is -2.49. The van der Waals surface area contributed by atoms with Gasteiger partial charge in [0.05, 0.1) is 11.4 Å². The van der Waals surface area contributed by atoms with E-state index in [4.69, 9.17) is 0 Å². The fraction of sp³-hybridized carbons (Fsp3) is 0.348. The monoisotopic (exact) mass is 465 g/mol. The van der Waals surface area contributed by atoms with Gasteiger partial charge < -0.3 is 10.4 Å². The summed E-state index contributed by atoms with van der Waals surface area (Å²) in [5.41, 5.74) is 0.751. The molecule has 0 radical (unpaired) electrons. The second-order valence-electron chi connectivity index (χ2n) is 7.56. The minimum atomic E-state index is -4.42. The zero-order valence-electron chi connectivity index (χ0n) is 17.8. The Morgan fingerprint density at radius 2 is 1.88 bits per heavy atom. The number of benzene rings is 2. The summed E-state index contributed by atoms with van der Waals surface area (Å²) in [4.78, 5) is 31.0. The maximum atomic E-state index is 14.8. The van der Waals surface area contributed by atoms with Crippen LogP contribution in [-0.4, -0.2) is 41.7 Å². The van der Waals surface area contributed by atoms with Gasteiger partial charge in [-0.2, -0.15) is 13.2 Å². The molecule has 2 aromatic carbocycles. The predicted octanol–water partition coefficient (Wildman–Crippen LogP) is 3.77. The zero-order chi connectivity index (χ0) is 24.2. The van der Waals surface area contributed by atoms with E-state index in [0.29, 0.717) is 5.56 Å². The smallest absolute Gasteiger partial charge is 0.376 e. The van der Waals surface area contributed by atoms with Crippen LogP contribution < -0.4 is 10.2 Å². The van der Waals surface area contributed by atoms with Gasteiger partial charge in [0.2, 0.25) is 12.1 Å². The number of rotatable bonds is 7. The molecule has 6 nitrogen and oxygen atoms in total. The summed E-state index contributed by atoms with van der Waals surface area (Å²) < 4.78 is 52.7. The number of nitrogens with zero attached hydrogens (tertiary/aromatic N) is 2. The predicted molar refractivity (Wildman–Crippen MR) is 114 cm³/mol. The first-order valence-corrected chi connectivity index (χ1v) is 10.4. The average molecular weight is 465 g/mol. The Hall–Kier alpha value is -3.27. The molecule has 2 amide bonds. The van der Waals surface area contributed by atoms with E-state index in [1.165, 1.54) is 12.1 Å². The number of carbonyl (C=O) groups excluding carboxylic acids is 2. The molecule has 0 bridgehead atoms. The number of para-hydroxylation sites is 1. The molecule has 2 aromatic rings. The summed E-state index contributed by atoms with van der Waals surface area (Å²) in [6, 6.07) is 12.6. The molecule has 0 aromatic heterocycles. The van der Waals surface area contributed by atoms with Gasteiger partial charge in [-0.15, -0.1) is 0 Å². The maximum absolute atomic E-state index is 14.8. The summed E-state index contributed by atoms with van der Waals surface area (Å²) in [6.45, 7) is 0.682. The first-order chi connectivity index (χ1) is 15.7. The van der Waals surface area contributed by atoms with Gasteiger partial charge in [0.1, 0.15) is 12.5 Å². The summed E-state index contributed by atoms with van der Waals surface area (Å²) in [5.74, 6) is -3.46. The van der Waals surface area contributed by atoms with Crippen LogP contribution in [0.15, 0.2) is 53.5 Å². The zero-order valence-corrected chi connectivity index (χ0v) is 17.8. The van der Waals surface area contributed by atoms with Crippen molar-refractivity contribution in [3.05, 3.63) is 65.5 Å². The highest BCUT2D eigenvalue weighted by Gasteiger charge is 2.36. The number of benzodiazepines with no additional fused rings is 1. The number of aliphatic imine (C=N–C) groups is 1. The number of carbonyl (C=O) groups is 2. The molecule has 0 saturated heterocycles. The van der Waals surface area contributed by atoms with E-state index in [1.807, 2.05) is 0 Å². The lowest BCUT2D eigenvalue weighted by molar-refractivity contribution is -0.142. The van der Waals surface area contributed by atoms with Crippen molar-refractivity contribution in [2.45, 2.75) is 38.5 Å². The number of nitrogens with one attached hydrogen (secondary N) is 1. The lowest BCUT2D eigenvalue weighted by atomic mass is 9.99. The summed E-state index contributed by atoms with van der Waals surface area (Å²) >= 11 is 0. The molecule has 1 aliphatic rings. The van der Waals surface area contributed by atoms with E-state index in [0.717, 1.165) is 11.0 Å². The van der Waals surface area contributed by atoms with Crippen molar-refractivity contribution in [2.75, 3.05) is 11.6 Å². The first-order valence-electron chi connectivity index (χ1n) is 10.4. The van der Waals surface area contributed by atoms with Crippen molar-refractivity contribution in [3.8, 4) is 0 Å². The van der Waals surface area contributed by atoms with Crippen molar-refractivity contribution in [2.24, 2.45) is 10.9 Å². The molecular formula is C23H23F4N3O3. The second-order valence-corrected chi connectivity index (χ2v) is 7.56. The molecule has 1 aliphatic heterocycles. The molecule has 2 atom stereocenters. The Morgan fingerprint density at radius 3 is 2.48 bits per heavy atom. The number of anilines is 1. The molecule has 0 aliphatic carbocycles. The quantitative estimate of drug-likeness (QED) is 0.611. The number of aliphatic hydroxyl groups excluding tert-OH is 1. The molecule has 0 spiro atoms. The van der Waals surface area contributed by atoms with Crippen molar-refractivity contribution >= 4 is 23.2 Å². The molecule has 0 saturated carbocycles. The van der Waals surface area contributed by atoms with E-state index < -0.39 is 55.5 Å². The largest absolute Gasteiger partial charge is 0.389 e. The fourth-order valence-electron chi connectivity index (χ4n) is 3.66. The number of hydrogen-bond donors (Lipinski definition) is 2. The molecule has 10 heteroatoms. The van der Waals surface area contributed by atoms with E-state index in [-0.39, 0.29) is 23.4 Å². The summed E-state index contributed by atoms with van der Waals surface area (Å²) in [6.07, 6.45) is -7.45. The van der Waals surface area contributed by atoms with E-state index in [2.05, 4.69) is 10.3 Å². The summed E-state index contributed by atoms with van der Waals surface area (Å²) in [7, 11) is 0. The topological polar surface area (TPSA) is 82.0 Å². The number of amides is 2. The molecule has 0 fully saturated rings. The molecule has 33 heavy (non-hydrogen) atoms. The highest BCUT2D eigenvalue weighted by molar-refractivity contribution is 6.20. The Morgan fingerprint density at radius 1 is 1.18 bits per heavy atom. The Bertz CT molecular complexity index is 1040. The third-order valence-electron chi connectivity index (χ3n) is 5.38. The van der Waals surface area contributed by atoms with Crippen LogP contribution in [0.2, 0.25) is 0 Å². The fourth-order valence-corrected chi connectivity index (χ4v) is 3.66. The van der Waals surface area contributed by atoms with Gasteiger partial charge in [0, 0.05) is 23.5 Å². The normalized spacial score (nSPS) is 17.2. The van der Waals surface area contributed by atoms with Gasteiger partial charge in [-0.25, -0.2) is 9.38 Å². The van der Waals surface area contributed by atoms with Crippen molar-refractivity contribution in [3.63, 3.8) is 0 Å². The Balaban J connectivity index is 2.02. The second kappa shape index (κ2) is 10.1. The van der Waals surface area contributed by atoms with Crippen LogP contribution in [-0.2, 0) is 9.59 Å². The van der Waals surface area contributed by atoms with Crippen molar-refractivity contribution in [1.82, 2.24) is 5.32 Å². The van der Waals surface area contributed by atoms with E-state index >= 15 is 0 Å². The van der Waals surface area contributed by atoms with Crippen molar-refractivity contribution in [1.29, 1.82) is 0 Å². The SMILES string of the molecule is CC[C@@H](CCC(F)(F)F)C(=O)N[C@H]1N=C(c2ccccc2)c2cccc(F)c2N(CO)C1=O. The lowest BCUT2D eigenvalue weighted by Gasteiger charge is -2.24. The molecule has 0 unspecified atom stereocenters. The van der Waals surface area contributed by atoms with Gasteiger partial charge >= 0.3 is 6.18 Å². The highest BCUT2D eigenvalue weighted by atomic mass is 19.4. The highest BCUT2D eigenvalue weighted by Crippen LogP contribution is 2.31. The maximum Gasteiger partial charge on any atom is 0.389 e. The standard InChI is InChI=1S/C23H23F4N3O3/c1-2-14(11-12-23(25,26)27)21(32)29-20-22(33)30(13-31)19-16(9-6-10-17(19)24)18(28-20)15-7-4-3-5-8-15/h3-10,14,20,31H,2,11-13H2,1H3,(H,29,32)/t14-,20+/m0/s1. The summed E-state index contributed by atoms with van der Waals surface area (Å²) in [5, 5.41) is 12.2. The number of hydrogen-bond acceptors (Lipinski definition) is 4. The van der Waals surface area contributed by atoms with Crippen LogP contribution in [0, 0.1) is 11.7 Å². The third kappa shape index (κ3) is 5.57. The average Bonchev–Trinajstić information content (AvgIpc) is 2.89. The number of aliphatic hydroxyl groups is 1. The van der Waals surface area contributed by atoms with Crippen molar-refractivity contribution < 1.29 is 32.3 Å². The minimum absolute atomic E-state index is 0.122. The van der Waals surface area contributed by atoms with Gasteiger partial charge in [-0.3, -0.25) is 14.5 Å². The van der Waals surface area contributed by atoms with Crippen LogP contribution in [0.25, 0.3) is 0 Å². The molecule has 1 heterocycles. The van der Waals surface area contributed by atoms with Crippen LogP contribution in [0.3, 0.4) is 0 Å². The number of halogens is 4. The van der Waals surface area contributed by atoms with Crippen LogP contribution in [0.1, 0.15) is 37.3 Å². The number of fused-ring (bicyclic) bond motifs is 1. The Labute approximate surface area is 187 Å².